The van der Waals surface area contributed by atoms with Crippen LogP contribution in [0.15, 0.2) is 42.5 Å². The maximum absolute atomic E-state index is 13.1. The number of ether oxygens (including phenoxy) is 1. The molecule has 3 rings (SSSR count). The number of hydrogen-bond donors (Lipinski definition) is 1. The van der Waals surface area contributed by atoms with Gasteiger partial charge in [0.15, 0.2) is 6.61 Å². The number of amides is 1. The van der Waals surface area contributed by atoms with Crippen molar-refractivity contribution in [2.75, 3.05) is 26.2 Å². The van der Waals surface area contributed by atoms with Crippen molar-refractivity contribution in [2.45, 2.75) is 26.1 Å². The van der Waals surface area contributed by atoms with Gasteiger partial charge in [0, 0.05) is 49.4 Å². The Labute approximate surface area is 169 Å². The Morgan fingerprint density at radius 3 is 2.68 bits per heavy atom. The number of benzene rings is 2. The van der Waals surface area contributed by atoms with Gasteiger partial charge in [-0.25, -0.2) is 4.39 Å². The summed E-state index contributed by atoms with van der Waals surface area (Å²) in [6.45, 7) is 5.13. The number of hydrogen-bond acceptors (Lipinski definition) is 4. The Morgan fingerprint density at radius 2 is 2.00 bits per heavy atom. The molecule has 0 unspecified atom stereocenters. The van der Waals surface area contributed by atoms with Crippen LogP contribution in [-0.4, -0.2) is 48.0 Å². The fourth-order valence-corrected chi connectivity index (χ4v) is 3.55. The average Bonchev–Trinajstić information content (AvgIpc) is 2.69. The summed E-state index contributed by atoms with van der Waals surface area (Å²) in [5.41, 5.74) is 7.55. The Morgan fingerprint density at radius 1 is 1.25 bits per heavy atom. The van der Waals surface area contributed by atoms with E-state index in [-0.39, 0.29) is 24.4 Å². The van der Waals surface area contributed by atoms with Gasteiger partial charge in [-0.1, -0.05) is 23.7 Å². The molecule has 0 bridgehead atoms. The molecule has 1 amide bonds. The molecule has 0 saturated carbocycles. The predicted molar refractivity (Wildman–Crippen MR) is 108 cm³/mol. The van der Waals surface area contributed by atoms with Crippen LogP contribution >= 0.6 is 11.6 Å². The number of halogens is 2. The van der Waals surface area contributed by atoms with E-state index in [2.05, 4.69) is 11.8 Å². The first-order chi connectivity index (χ1) is 13.5. The summed E-state index contributed by atoms with van der Waals surface area (Å²) in [6.07, 6.45) is 0. The Bertz CT molecular complexity index is 816. The third kappa shape index (κ3) is 5.22. The maximum atomic E-state index is 13.1. The Balaban J connectivity index is 1.52. The van der Waals surface area contributed by atoms with Gasteiger partial charge in [0.2, 0.25) is 0 Å². The molecule has 1 heterocycles. The molecule has 1 aliphatic heterocycles. The van der Waals surface area contributed by atoms with Crippen LogP contribution in [0.4, 0.5) is 4.39 Å². The molecule has 150 valence electrons. The number of carbonyl (C=O) groups is 1. The first kappa shape index (κ1) is 20.6. The first-order valence-corrected chi connectivity index (χ1v) is 9.71. The van der Waals surface area contributed by atoms with Crippen LogP contribution in [0.5, 0.6) is 5.75 Å². The predicted octanol–water partition coefficient (Wildman–Crippen LogP) is 3.05. The summed E-state index contributed by atoms with van der Waals surface area (Å²) >= 11 is 5.97. The molecule has 28 heavy (non-hydrogen) atoms. The van der Waals surface area contributed by atoms with E-state index in [1.807, 2.05) is 4.90 Å². The van der Waals surface area contributed by atoms with Gasteiger partial charge in [0.05, 0.1) is 0 Å². The molecule has 1 saturated heterocycles. The number of piperazine rings is 1. The van der Waals surface area contributed by atoms with Crippen molar-refractivity contribution in [1.82, 2.24) is 9.80 Å². The molecule has 0 radical (unpaired) electrons. The van der Waals surface area contributed by atoms with Crippen LogP contribution in [0, 0.1) is 5.82 Å². The van der Waals surface area contributed by atoms with Crippen LogP contribution < -0.4 is 10.5 Å². The van der Waals surface area contributed by atoms with Gasteiger partial charge in [-0.05, 0) is 42.8 Å². The lowest BCUT2D eigenvalue weighted by Crippen LogP contribution is -2.54. The van der Waals surface area contributed by atoms with Crippen molar-refractivity contribution in [1.29, 1.82) is 0 Å². The standard InChI is InChI=1S/C21H25ClFN3O2/c1-15-12-26(9-8-25(15)13-16-2-5-19(23)6-3-16)21(27)14-28-20-7-4-18(22)10-17(20)11-24/h2-7,10,15H,8-9,11-14,24H2,1H3/t15-/m0/s1. The minimum Gasteiger partial charge on any atom is -0.483 e. The molecule has 7 heteroatoms. The van der Waals surface area contributed by atoms with Crippen molar-refractivity contribution < 1.29 is 13.9 Å². The highest BCUT2D eigenvalue weighted by Gasteiger charge is 2.27. The van der Waals surface area contributed by atoms with Crippen molar-refractivity contribution in [2.24, 2.45) is 5.73 Å². The van der Waals surface area contributed by atoms with Gasteiger partial charge in [0.1, 0.15) is 11.6 Å². The van der Waals surface area contributed by atoms with E-state index in [1.165, 1.54) is 12.1 Å². The molecule has 0 aliphatic carbocycles. The summed E-state index contributed by atoms with van der Waals surface area (Å²) in [6, 6.07) is 12.0. The zero-order valence-electron chi connectivity index (χ0n) is 15.9. The summed E-state index contributed by atoms with van der Waals surface area (Å²) in [5.74, 6) is 0.306. The molecule has 1 aliphatic rings. The van der Waals surface area contributed by atoms with Gasteiger partial charge in [-0.2, -0.15) is 0 Å². The Kier molecular flexibility index (Phi) is 6.88. The fraction of sp³-hybridized carbons (Fsp3) is 0.381. The van der Waals surface area contributed by atoms with E-state index in [4.69, 9.17) is 22.1 Å². The van der Waals surface area contributed by atoms with Gasteiger partial charge in [0.25, 0.3) is 5.91 Å². The molecule has 2 aromatic rings. The molecule has 0 aromatic heterocycles. The highest BCUT2D eigenvalue weighted by Crippen LogP contribution is 2.23. The molecule has 5 nitrogen and oxygen atoms in total. The van der Waals surface area contributed by atoms with Crippen LogP contribution in [0.1, 0.15) is 18.1 Å². The zero-order valence-corrected chi connectivity index (χ0v) is 16.7. The van der Waals surface area contributed by atoms with Crippen LogP contribution in [0.25, 0.3) is 0 Å². The maximum Gasteiger partial charge on any atom is 0.260 e. The lowest BCUT2D eigenvalue weighted by Gasteiger charge is -2.39. The van der Waals surface area contributed by atoms with Gasteiger partial charge >= 0.3 is 0 Å². The van der Waals surface area contributed by atoms with Crippen molar-refractivity contribution in [3.8, 4) is 5.75 Å². The van der Waals surface area contributed by atoms with Crippen LogP contribution in [-0.2, 0) is 17.9 Å². The van der Waals surface area contributed by atoms with Gasteiger partial charge in [-0.15, -0.1) is 0 Å². The molecular formula is C21H25ClFN3O2. The highest BCUT2D eigenvalue weighted by molar-refractivity contribution is 6.30. The molecular weight excluding hydrogens is 381 g/mol. The number of nitrogens with zero attached hydrogens (tertiary/aromatic N) is 2. The minimum atomic E-state index is -0.231. The minimum absolute atomic E-state index is 0.0285. The van der Waals surface area contributed by atoms with Gasteiger partial charge < -0.3 is 15.4 Å². The van der Waals surface area contributed by atoms with E-state index >= 15 is 0 Å². The van der Waals surface area contributed by atoms with Crippen LogP contribution in [0.3, 0.4) is 0 Å². The fourth-order valence-electron chi connectivity index (χ4n) is 3.36. The average molecular weight is 406 g/mol. The lowest BCUT2D eigenvalue weighted by atomic mass is 10.1. The lowest BCUT2D eigenvalue weighted by molar-refractivity contribution is -0.136. The van der Waals surface area contributed by atoms with E-state index in [9.17, 15) is 9.18 Å². The van der Waals surface area contributed by atoms with Crippen molar-refractivity contribution >= 4 is 17.5 Å². The van der Waals surface area contributed by atoms with E-state index in [0.29, 0.717) is 30.4 Å². The van der Waals surface area contributed by atoms with Crippen molar-refractivity contribution in [3.05, 3.63) is 64.4 Å². The van der Waals surface area contributed by atoms with Crippen molar-refractivity contribution in [3.63, 3.8) is 0 Å². The summed E-state index contributed by atoms with van der Waals surface area (Å²) in [5, 5.41) is 0.588. The SMILES string of the molecule is C[C@H]1CN(C(=O)COc2ccc(Cl)cc2CN)CCN1Cc1ccc(F)cc1. The first-order valence-electron chi connectivity index (χ1n) is 9.34. The molecule has 2 N–H and O–H groups in total. The van der Waals surface area contributed by atoms with Gasteiger partial charge in [-0.3, -0.25) is 9.69 Å². The highest BCUT2D eigenvalue weighted by atomic mass is 35.5. The summed E-state index contributed by atoms with van der Waals surface area (Å²) in [7, 11) is 0. The second-order valence-electron chi connectivity index (χ2n) is 7.03. The number of nitrogens with two attached hydrogens (primary N) is 1. The molecule has 1 atom stereocenters. The quantitative estimate of drug-likeness (QED) is 0.802. The molecule has 1 fully saturated rings. The second-order valence-corrected chi connectivity index (χ2v) is 7.47. The van der Waals surface area contributed by atoms with E-state index in [1.54, 1.807) is 30.3 Å². The van der Waals surface area contributed by atoms with E-state index < -0.39 is 0 Å². The Hall–Kier alpha value is -2.15. The number of rotatable bonds is 6. The normalized spacial score (nSPS) is 17.6. The summed E-state index contributed by atoms with van der Waals surface area (Å²) < 4.78 is 18.7. The largest absolute Gasteiger partial charge is 0.483 e. The molecule has 0 spiro atoms. The monoisotopic (exact) mass is 405 g/mol. The smallest absolute Gasteiger partial charge is 0.260 e. The third-order valence-electron chi connectivity index (χ3n) is 5.01. The molecule has 2 aromatic carbocycles. The van der Waals surface area contributed by atoms with E-state index in [0.717, 1.165) is 24.2 Å². The zero-order chi connectivity index (χ0) is 20.1. The topological polar surface area (TPSA) is 58.8 Å². The van der Waals surface area contributed by atoms with Crippen LogP contribution in [0.2, 0.25) is 5.02 Å². The summed E-state index contributed by atoms with van der Waals surface area (Å²) in [4.78, 5) is 16.7. The second kappa shape index (κ2) is 9.37. The number of carbonyl (C=O) groups excluding carboxylic acids is 1. The third-order valence-corrected chi connectivity index (χ3v) is 5.25.